The molecule has 0 aromatic carbocycles. The number of carboxylic acid groups (broad SMARTS) is 1. The minimum Gasteiger partial charge on any atom is -0.547 e. The maximum atomic E-state index is 11.2. The van der Waals surface area contributed by atoms with Gasteiger partial charge in [-0.3, -0.25) is 0 Å². The van der Waals surface area contributed by atoms with Crippen molar-refractivity contribution in [2.45, 2.75) is 13.1 Å². The summed E-state index contributed by atoms with van der Waals surface area (Å²) in [5.74, 6) is -1.66. The SMILES string of the molecule is C[C@@H](F)C(=O)[O-].[Na+]. The van der Waals surface area contributed by atoms with Crippen molar-refractivity contribution in [2.75, 3.05) is 0 Å². The molecule has 0 aromatic rings. The zero-order chi connectivity index (χ0) is 5.15. The number of carbonyl (C=O) groups excluding carboxylic acids is 1. The van der Waals surface area contributed by atoms with E-state index < -0.39 is 12.1 Å². The Bertz CT molecular complexity index is 64.0. The van der Waals surface area contributed by atoms with E-state index in [4.69, 9.17) is 0 Å². The summed E-state index contributed by atoms with van der Waals surface area (Å²) in [6, 6.07) is 0. The Morgan fingerprint density at radius 3 is 2.00 bits per heavy atom. The molecule has 0 unspecified atom stereocenters. The Morgan fingerprint density at radius 1 is 1.86 bits per heavy atom. The molecule has 0 aliphatic heterocycles. The van der Waals surface area contributed by atoms with E-state index in [2.05, 4.69) is 0 Å². The summed E-state index contributed by atoms with van der Waals surface area (Å²) in [7, 11) is 0. The van der Waals surface area contributed by atoms with Crippen LogP contribution in [0.5, 0.6) is 0 Å². The van der Waals surface area contributed by atoms with Crippen molar-refractivity contribution in [2.24, 2.45) is 0 Å². The van der Waals surface area contributed by atoms with Crippen molar-refractivity contribution in [3.05, 3.63) is 0 Å². The third-order valence-corrected chi connectivity index (χ3v) is 0.325. The largest absolute Gasteiger partial charge is 1.00 e. The second kappa shape index (κ2) is 4.56. The van der Waals surface area contributed by atoms with E-state index in [0.717, 1.165) is 6.92 Å². The van der Waals surface area contributed by atoms with E-state index in [1.54, 1.807) is 0 Å². The molecule has 0 aromatic heterocycles. The molecule has 0 spiro atoms. The zero-order valence-corrected chi connectivity index (χ0v) is 6.27. The van der Waals surface area contributed by atoms with Gasteiger partial charge in [0, 0.05) is 0 Å². The summed E-state index contributed by atoms with van der Waals surface area (Å²) in [4.78, 5) is 9.21. The fourth-order valence-electron chi connectivity index (χ4n) is 0. The molecule has 0 aliphatic carbocycles. The molecule has 7 heavy (non-hydrogen) atoms. The Morgan fingerprint density at radius 2 is 2.00 bits per heavy atom. The number of rotatable bonds is 1. The second-order valence-corrected chi connectivity index (χ2v) is 0.935. The zero-order valence-electron chi connectivity index (χ0n) is 4.27. The molecule has 0 saturated carbocycles. The van der Waals surface area contributed by atoms with Crippen molar-refractivity contribution in [3.63, 3.8) is 0 Å². The van der Waals surface area contributed by atoms with Gasteiger partial charge in [0.1, 0.15) is 6.17 Å². The van der Waals surface area contributed by atoms with Crippen LogP contribution in [0.3, 0.4) is 0 Å². The predicted octanol–water partition coefficient (Wildman–Crippen LogP) is -3.90. The van der Waals surface area contributed by atoms with Gasteiger partial charge >= 0.3 is 29.6 Å². The smallest absolute Gasteiger partial charge is 0.547 e. The van der Waals surface area contributed by atoms with Crippen LogP contribution in [0.2, 0.25) is 0 Å². The topological polar surface area (TPSA) is 40.1 Å². The number of carbonyl (C=O) groups is 1. The number of carboxylic acids is 1. The Balaban J connectivity index is 0. The first kappa shape index (κ1) is 10.4. The van der Waals surface area contributed by atoms with E-state index in [0.29, 0.717) is 0 Å². The van der Waals surface area contributed by atoms with Gasteiger partial charge in [0.2, 0.25) is 0 Å². The van der Waals surface area contributed by atoms with Gasteiger partial charge in [-0.25, -0.2) is 4.39 Å². The monoisotopic (exact) mass is 114 g/mol. The summed E-state index contributed by atoms with van der Waals surface area (Å²) >= 11 is 0. The van der Waals surface area contributed by atoms with Crippen molar-refractivity contribution in [1.29, 1.82) is 0 Å². The molecular weight excluding hydrogens is 110 g/mol. The quantitative estimate of drug-likeness (QED) is 0.327. The number of hydrogen-bond acceptors (Lipinski definition) is 2. The molecule has 0 fully saturated rings. The molecule has 0 bridgehead atoms. The first-order valence-corrected chi connectivity index (χ1v) is 1.49. The van der Waals surface area contributed by atoms with Gasteiger partial charge in [-0.2, -0.15) is 0 Å². The molecular formula is C3H4FNaO2. The normalized spacial score (nSPS) is 11.7. The number of aliphatic carboxylic acids is 1. The molecule has 0 heterocycles. The summed E-state index contributed by atoms with van der Waals surface area (Å²) < 4.78 is 11.2. The van der Waals surface area contributed by atoms with Gasteiger partial charge in [-0.1, -0.05) is 0 Å². The molecule has 0 amide bonds. The minimum absolute atomic E-state index is 0. The molecule has 0 aliphatic rings. The van der Waals surface area contributed by atoms with Gasteiger partial charge < -0.3 is 9.90 Å². The van der Waals surface area contributed by atoms with Crippen molar-refractivity contribution >= 4 is 5.97 Å². The second-order valence-electron chi connectivity index (χ2n) is 0.935. The van der Waals surface area contributed by atoms with Gasteiger partial charge in [0.15, 0.2) is 0 Å². The van der Waals surface area contributed by atoms with Crippen LogP contribution in [-0.4, -0.2) is 12.1 Å². The van der Waals surface area contributed by atoms with Gasteiger partial charge in [0.05, 0.1) is 5.97 Å². The van der Waals surface area contributed by atoms with Crippen LogP contribution in [0.1, 0.15) is 6.92 Å². The fourth-order valence-corrected chi connectivity index (χ4v) is 0. The van der Waals surface area contributed by atoms with Crippen LogP contribution in [0.15, 0.2) is 0 Å². The van der Waals surface area contributed by atoms with Crippen LogP contribution in [0.4, 0.5) is 4.39 Å². The molecule has 0 rings (SSSR count). The maximum Gasteiger partial charge on any atom is 1.00 e. The van der Waals surface area contributed by atoms with Gasteiger partial charge in [0.25, 0.3) is 0 Å². The first-order valence-electron chi connectivity index (χ1n) is 1.49. The maximum absolute atomic E-state index is 11.2. The van der Waals surface area contributed by atoms with Crippen molar-refractivity contribution < 1.29 is 43.8 Å². The van der Waals surface area contributed by atoms with Crippen LogP contribution >= 0.6 is 0 Å². The Labute approximate surface area is 63.0 Å². The standard InChI is InChI=1S/C3H5FO2.Na/c1-2(4)3(5)6;/h2H,1H3,(H,5,6);/q;+1/p-1/t2-;/m1./s1. The minimum atomic E-state index is -1.84. The van der Waals surface area contributed by atoms with Crippen LogP contribution < -0.4 is 34.7 Å². The molecule has 2 nitrogen and oxygen atoms in total. The first-order chi connectivity index (χ1) is 2.64. The summed E-state index contributed by atoms with van der Waals surface area (Å²) in [5.41, 5.74) is 0. The van der Waals surface area contributed by atoms with Gasteiger partial charge in [-0.15, -0.1) is 0 Å². The van der Waals surface area contributed by atoms with E-state index in [9.17, 15) is 14.3 Å². The van der Waals surface area contributed by atoms with Gasteiger partial charge in [-0.05, 0) is 6.92 Å². The van der Waals surface area contributed by atoms with E-state index in [1.165, 1.54) is 0 Å². The van der Waals surface area contributed by atoms with Crippen molar-refractivity contribution in [1.82, 2.24) is 0 Å². The average Bonchev–Trinajstić information content (AvgIpc) is 1.36. The molecule has 0 radical (unpaired) electrons. The van der Waals surface area contributed by atoms with Crippen LogP contribution in [-0.2, 0) is 4.79 Å². The van der Waals surface area contributed by atoms with E-state index in [-0.39, 0.29) is 29.6 Å². The molecule has 1 atom stereocenters. The number of hydrogen-bond donors (Lipinski definition) is 0. The number of alkyl halides is 1. The molecule has 4 heteroatoms. The average molecular weight is 114 g/mol. The summed E-state index contributed by atoms with van der Waals surface area (Å²) in [5, 5.41) is 9.21. The predicted molar refractivity (Wildman–Crippen MR) is 15.6 cm³/mol. The van der Waals surface area contributed by atoms with Crippen LogP contribution in [0.25, 0.3) is 0 Å². The molecule has 0 N–H and O–H groups in total. The third-order valence-electron chi connectivity index (χ3n) is 0.325. The Hall–Kier alpha value is 0.400. The fraction of sp³-hybridized carbons (Fsp3) is 0.667. The Kier molecular flexibility index (Phi) is 6.77. The summed E-state index contributed by atoms with van der Waals surface area (Å²) in [6.07, 6.45) is -1.84. The molecule has 36 valence electrons. The van der Waals surface area contributed by atoms with Crippen molar-refractivity contribution in [3.8, 4) is 0 Å². The van der Waals surface area contributed by atoms with E-state index in [1.807, 2.05) is 0 Å². The van der Waals surface area contributed by atoms with E-state index >= 15 is 0 Å². The third kappa shape index (κ3) is 6.40. The summed E-state index contributed by atoms with van der Waals surface area (Å²) in [6.45, 7) is 0.912. The number of halogens is 1. The van der Waals surface area contributed by atoms with Crippen LogP contribution in [0, 0.1) is 0 Å². The molecule has 0 saturated heterocycles.